The Morgan fingerprint density at radius 2 is 2.04 bits per heavy atom. The molecular formula is C14H18F3N5O. The first-order valence-electron chi connectivity index (χ1n) is 7.19. The van der Waals surface area contributed by atoms with Crippen LogP contribution in [-0.2, 0) is 24.3 Å². The van der Waals surface area contributed by atoms with Crippen molar-refractivity contribution in [1.82, 2.24) is 19.6 Å². The normalized spacial score (nSPS) is 11.7. The highest BCUT2D eigenvalue weighted by Gasteiger charge is 2.28. The first-order chi connectivity index (χ1) is 10.8. The number of hydrogen-bond acceptors (Lipinski definition) is 3. The molecule has 0 saturated carbocycles. The number of halogens is 3. The van der Waals surface area contributed by atoms with Crippen molar-refractivity contribution in [3.8, 4) is 0 Å². The Balaban J connectivity index is 1.86. The molecule has 0 saturated heterocycles. The second-order valence-electron chi connectivity index (χ2n) is 5.19. The quantitative estimate of drug-likeness (QED) is 0.886. The molecule has 126 valence electrons. The number of rotatable bonds is 6. The molecule has 0 aliphatic carbocycles. The van der Waals surface area contributed by atoms with E-state index in [9.17, 15) is 18.0 Å². The lowest BCUT2D eigenvalue weighted by atomic mass is 10.1. The highest BCUT2D eigenvalue weighted by atomic mass is 19.4. The van der Waals surface area contributed by atoms with Crippen LogP contribution in [0.2, 0.25) is 0 Å². The van der Waals surface area contributed by atoms with Gasteiger partial charge in [0, 0.05) is 25.4 Å². The van der Waals surface area contributed by atoms with Gasteiger partial charge in [0.25, 0.3) is 0 Å². The van der Waals surface area contributed by atoms with Crippen LogP contribution < -0.4 is 5.32 Å². The fourth-order valence-corrected chi connectivity index (χ4v) is 2.14. The van der Waals surface area contributed by atoms with Crippen molar-refractivity contribution in [2.24, 2.45) is 0 Å². The molecule has 9 heteroatoms. The van der Waals surface area contributed by atoms with Gasteiger partial charge in [0.05, 0.1) is 17.6 Å². The third-order valence-corrected chi connectivity index (χ3v) is 3.25. The van der Waals surface area contributed by atoms with Crippen LogP contribution in [0.4, 0.5) is 18.9 Å². The Labute approximate surface area is 131 Å². The lowest BCUT2D eigenvalue weighted by molar-refractivity contribution is -0.142. The molecule has 0 aliphatic heterocycles. The van der Waals surface area contributed by atoms with Gasteiger partial charge in [-0.25, -0.2) is 0 Å². The van der Waals surface area contributed by atoms with Gasteiger partial charge in [-0.1, -0.05) is 0 Å². The van der Waals surface area contributed by atoms with Gasteiger partial charge in [-0.2, -0.15) is 23.4 Å². The van der Waals surface area contributed by atoms with Crippen LogP contribution in [0.15, 0.2) is 18.6 Å². The molecule has 0 aliphatic rings. The number of carbonyl (C=O) groups excluding carboxylic acids is 1. The Bertz CT molecular complexity index is 674. The zero-order chi connectivity index (χ0) is 17.0. The lowest BCUT2D eigenvalue weighted by Crippen LogP contribution is -2.18. The predicted molar refractivity (Wildman–Crippen MR) is 77.9 cm³/mol. The van der Waals surface area contributed by atoms with Crippen LogP contribution in [0.5, 0.6) is 0 Å². The summed E-state index contributed by atoms with van der Waals surface area (Å²) in [6, 6.07) is 0. The minimum atomic E-state index is -4.34. The maximum absolute atomic E-state index is 12.2. The van der Waals surface area contributed by atoms with Crippen LogP contribution in [0.1, 0.15) is 24.6 Å². The zero-order valence-electron chi connectivity index (χ0n) is 12.9. The summed E-state index contributed by atoms with van der Waals surface area (Å²) in [6.45, 7) is 3.42. The topological polar surface area (TPSA) is 64.7 Å². The largest absolute Gasteiger partial charge is 0.408 e. The molecule has 2 aromatic heterocycles. The van der Waals surface area contributed by atoms with E-state index >= 15 is 0 Å². The molecule has 0 aromatic carbocycles. The van der Waals surface area contributed by atoms with Crippen LogP contribution in [0.25, 0.3) is 0 Å². The number of nitrogens with zero attached hydrogens (tertiary/aromatic N) is 4. The second kappa shape index (κ2) is 6.84. The van der Waals surface area contributed by atoms with Gasteiger partial charge in [-0.05, 0) is 25.8 Å². The van der Waals surface area contributed by atoms with E-state index < -0.39 is 12.7 Å². The van der Waals surface area contributed by atoms with Gasteiger partial charge < -0.3 is 5.32 Å². The fraction of sp³-hybridized carbons (Fsp3) is 0.500. The number of alkyl halides is 3. The standard InChI is InChI=1S/C14H18F3N5O/c1-3-21-7-11(10(2)20-21)4-5-13(23)19-12-6-18-22(8-12)9-14(15,16)17/h6-8H,3-5,9H2,1-2H3,(H,19,23). The molecule has 0 fully saturated rings. The van der Waals surface area contributed by atoms with Crippen LogP contribution in [0.3, 0.4) is 0 Å². The van der Waals surface area contributed by atoms with Crippen molar-refractivity contribution < 1.29 is 18.0 Å². The molecule has 0 radical (unpaired) electrons. The van der Waals surface area contributed by atoms with Crippen LogP contribution in [0, 0.1) is 6.92 Å². The average Bonchev–Trinajstić information content (AvgIpc) is 3.01. The van der Waals surface area contributed by atoms with E-state index in [0.29, 0.717) is 6.42 Å². The fourth-order valence-electron chi connectivity index (χ4n) is 2.14. The number of aromatic nitrogens is 4. The Hall–Kier alpha value is -2.32. The van der Waals surface area contributed by atoms with Gasteiger partial charge >= 0.3 is 6.18 Å². The summed E-state index contributed by atoms with van der Waals surface area (Å²) in [5.74, 6) is -0.278. The second-order valence-corrected chi connectivity index (χ2v) is 5.19. The van der Waals surface area contributed by atoms with Crippen molar-refractivity contribution in [3.05, 3.63) is 29.8 Å². The van der Waals surface area contributed by atoms with Gasteiger partial charge in [-0.15, -0.1) is 0 Å². The summed E-state index contributed by atoms with van der Waals surface area (Å²) in [7, 11) is 0. The summed E-state index contributed by atoms with van der Waals surface area (Å²) in [6.07, 6.45) is 0.652. The number of amides is 1. The number of carbonyl (C=O) groups is 1. The maximum Gasteiger partial charge on any atom is 0.408 e. The molecule has 0 bridgehead atoms. The van der Waals surface area contributed by atoms with E-state index in [4.69, 9.17) is 0 Å². The van der Waals surface area contributed by atoms with Crippen LogP contribution >= 0.6 is 0 Å². The number of anilines is 1. The van der Waals surface area contributed by atoms with Crippen molar-refractivity contribution in [1.29, 1.82) is 0 Å². The molecule has 2 rings (SSSR count). The number of nitrogens with one attached hydrogen (secondary N) is 1. The van der Waals surface area contributed by atoms with E-state index in [0.717, 1.165) is 28.7 Å². The Morgan fingerprint density at radius 1 is 1.30 bits per heavy atom. The summed E-state index contributed by atoms with van der Waals surface area (Å²) in [4.78, 5) is 11.9. The summed E-state index contributed by atoms with van der Waals surface area (Å²) >= 11 is 0. The molecule has 6 nitrogen and oxygen atoms in total. The number of hydrogen-bond donors (Lipinski definition) is 1. The van der Waals surface area contributed by atoms with Crippen molar-refractivity contribution in [2.45, 2.75) is 46.0 Å². The molecule has 2 aromatic rings. The molecule has 23 heavy (non-hydrogen) atoms. The summed E-state index contributed by atoms with van der Waals surface area (Å²) in [5.41, 5.74) is 2.10. The third-order valence-electron chi connectivity index (χ3n) is 3.25. The van der Waals surface area contributed by atoms with Gasteiger partial charge in [0.15, 0.2) is 0 Å². The zero-order valence-corrected chi connectivity index (χ0v) is 12.9. The molecule has 2 heterocycles. The van der Waals surface area contributed by atoms with Gasteiger partial charge in [0.2, 0.25) is 5.91 Å². The van der Waals surface area contributed by atoms with Crippen molar-refractivity contribution >= 4 is 11.6 Å². The van der Waals surface area contributed by atoms with Crippen molar-refractivity contribution in [3.63, 3.8) is 0 Å². The van der Waals surface area contributed by atoms with Crippen LogP contribution in [-0.4, -0.2) is 31.6 Å². The monoisotopic (exact) mass is 329 g/mol. The molecular weight excluding hydrogens is 311 g/mol. The first-order valence-corrected chi connectivity index (χ1v) is 7.19. The van der Waals surface area contributed by atoms with E-state index in [2.05, 4.69) is 15.5 Å². The predicted octanol–water partition coefficient (Wildman–Crippen LogP) is 2.54. The SMILES string of the molecule is CCn1cc(CCC(=O)Nc2cnn(CC(F)(F)F)c2)c(C)n1. The molecule has 0 atom stereocenters. The lowest BCUT2D eigenvalue weighted by Gasteiger charge is -2.05. The summed E-state index contributed by atoms with van der Waals surface area (Å²) in [5, 5.41) is 10.4. The van der Waals surface area contributed by atoms with E-state index in [1.54, 1.807) is 4.68 Å². The van der Waals surface area contributed by atoms with Crippen molar-refractivity contribution in [2.75, 3.05) is 5.32 Å². The Morgan fingerprint density at radius 3 is 2.65 bits per heavy atom. The molecule has 1 N–H and O–H groups in total. The minimum absolute atomic E-state index is 0.223. The first kappa shape index (κ1) is 17.0. The Kier molecular flexibility index (Phi) is 5.07. The van der Waals surface area contributed by atoms with Gasteiger partial charge in [0.1, 0.15) is 6.54 Å². The highest BCUT2D eigenvalue weighted by Crippen LogP contribution is 2.18. The smallest absolute Gasteiger partial charge is 0.323 e. The molecule has 0 unspecified atom stereocenters. The van der Waals surface area contributed by atoms with Gasteiger partial charge in [-0.3, -0.25) is 14.2 Å². The minimum Gasteiger partial charge on any atom is -0.323 e. The molecule has 0 spiro atoms. The molecule has 1 amide bonds. The van der Waals surface area contributed by atoms with E-state index in [1.807, 2.05) is 20.0 Å². The van der Waals surface area contributed by atoms with E-state index in [-0.39, 0.29) is 18.0 Å². The summed E-state index contributed by atoms with van der Waals surface area (Å²) < 4.78 is 39.2. The number of aryl methyl sites for hydroxylation is 3. The average molecular weight is 329 g/mol. The third kappa shape index (κ3) is 5.11. The highest BCUT2D eigenvalue weighted by molar-refractivity contribution is 5.90. The maximum atomic E-state index is 12.2. The van der Waals surface area contributed by atoms with E-state index in [1.165, 1.54) is 6.20 Å².